The Labute approximate surface area is 144 Å². The standard InChI is InChI=1S/C20H14ClN3/c21-13-9-11-14(12-10-13)23-24-20-18-8-4-2-6-16(18)15-5-1-3-7-17(15)19(20)22/h1-12H,22H2. The molecule has 4 aromatic carbocycles. The van der Waals surface area contributed by atoms with Gasteiger partial charge in [0.2, 0.25) is 0 Å². The van der Waals surface area contributed by atoms with Crippen LogP contribution in [0.5, 0.6) is 0 Å². The van der Waals surface area contributed by atoms with Gasteiger partial charge >= 0.3 is 0 Å². The van der Waals surface area contributed by atoms with Gasteiger partial charge in [0.25, 0.3) is 0 Å². The van der Waals surface area contributed by atoms with Crippen molar-refractivity contribution in [1.82, 2.24) is 0 Å². The Bertz CT molecular complexity index is 1070. The molecule has 0 atom stereocenters. The predicted molar refractivity (Wildman–Crippen MR) is 101 cm³/mol. The van der Waals surface area contributed by atoms with E-state index in [1.165, 1.54) is 0 Å². The van der Waals surface area contributed by atoms with Gasteiger partial charge in [-0.25, -0.2) is 0 Å². The van der Waals surface area contributed by atoms with Crippen molar-refractivity contribution in [3.8, 4) is 0 Å². The summed E-state index contributed by atoms with van der Waals surface area (Å²) in [5.41, 5.74) is 8.47. The molecule has 0 fully saturated rings. The number of azo groups is 1. The van der Waals surface area contributed by atoms with Gasteiger partial charge in [-0.15, -0.1) is 5.11 Å². The molecule has 0 radical (unpaired) electrons. The molecule has 0 bridgehead atoms. The Morgan fingerprint density at radius 2 is 1.17 bits per heavy atom. The average molecular weight is 332 g/mol. The van der Waals surface area contributed by atoms with Crippen LogP contribution in [0.2, 0.25) is 5.02 Å². The van der Waals surface area contributed by atoms with Crippen LogP contribution in [0.4, 0.5) is 17.1 Å². The molecule has 0 heterocycles. The third kappa shape index (κ3) is 2.49. The lowest BCUT2D eigenvalue weighted by molar-refractivity contribution is 1.25. The van der Waals surface area contributed by atoms with Crippen molar-refractivity contribution in [3.63, 3.8) is 0 Å². The summed E-state index contributed by atoms with van der Waals surface area (Å²) in [5, 5.41) is 13.7. The maximum Gasteiger partial charge on any atom is 0.117 e. The first-order valence-electron chi connectivity index (χ1n) is 7.60. The van der Waals surface area contributed by atoms with Crippen LogP contribution in [0.15, 0.2) is 83.0 Å². The van der Waals surface area contributed by atoms with Crippen molar-refractivity contribution in [2.75, 3.05) is 5.73 Å². The lowest BCUT2D eigenvalue weighted by atomic mass is 9.99. The van der Waals surface area contributed by atoms with Gasteiger partial charge in [-0.05, 0) is 35.0 Å². The van der Waals surface area contributed by atoms with Crippen LogP contribution in [0.1, 0.15) is 0 Å². The molecule has 24 heavy (non-hydrogen) atoms. The van der Waals surface area contributed by atoms with Gasteiger partial charge in [0.15, 0.2) is 0 Å². The molecule has 4 heteroatoms. The van der Waals surface area contributed by atoms with E-state index in [4.69, 9.17) is 17.3 Å². The molecule has 0 saturated carbocycles. The summed E-state index contributed by atoms with van der Waals surface area (Å²) in [6.45, 7) is 0. The van der Waals surface area contributed by atoms with E-state index < -0.39 is 0 Å². The van der Waals surface area contributed by atoms with E-state index in [1.54, 1.807) is 12.1 Å². The number of hydrogen-bond acceptors (Lipinski definition) is 3. The Morgan fingerprint density at radius 1 is 0.625 bits per heavy atom. The number of benzene rings is 4. The summed E-state index contributed by atoms with van der Waals surface area (Å²) in [7, 11) is 0. The highest BCUT2D eigenvalue weighted by Crippen LogP contribution is 2.40. The topological polar surface area (TPSA) is 50.7 Å². The van der Waals surface area contributed by atoms with Crippen molar-refractivity contribution in [1.29, 1.82) is 0 Å². The zero-order valence-electron chi connectivity index (χ0n) is 12.8. The number of halogens is 1. The Morgan fingerprint density at radius 3 is 1.83 bits per heavy atom. The second-order valence-corrected chi connectivity index (χ2v) is 5.97. The van der Waals surface area contributed by atoms with Crippen molar-refractivity contribution in [2.45, 2.75) is 0 Å². The molecule has 4 aromatic rings. The largest absolute Gasteiger partial charge is 0.396 e. The summed E-state index contributed by atoms with van der Waals surface area (Å²) in [4.78, 5) is 0. The summed E-state index contributed by atoms with van der Waals surface area (Å²) in [6, 6.07) is 23.4. The van der Waals surface area contributed by atoms with E-state index >= 15 is 0 Å². The Kier molecular flexibility index (Phi) is 3.63. The van der Waals surface area contributed by atoms with E-state index in [0.29, 0.717) is 16.4 Å². The number of nitrogens with zero attached hydrogens (tertiary/aromatic N) is 2. The number of rotatable bonds is 2. The molecule has 0 unspecified atom stereocenters. The van der Waals surface area contributed by atoms with Crippen molar-refractivity contribution >= 4 is 50.2 Å². The summed E-state index contributed by atoms with van der Waals surface area (Å²) in [6.07, 6.45) is 0. The molecule has 0 saturated heterocycles. The molecule has 3 nitrogen and oxygen atoms in total. The van der Waals surface area contributed by atoms with Crippen LogP contribution in [-0.4, -0.2) is 0 Å². The molecular weight excluding hydrogens is 318 g/mol. The summed E-state index contributed by atoms with van der Waals surface area (Å²) < 4.78 is 0. The number of anilines is 1. The van der Waals surface area contributed by atoms with Crippen molar-refractivity contribution < 1.29 is 0 Å². The normalized spacial score (nSPS) is 11.5. The molecule has 4 rings (SSSR count). The molecule has 0 aromatic heterocycles. The first kappa shape index (κ1) is 14.7. The minimum Gasteiger partial charge on any atom is -0.396 e. The van der Waals surface area contributed by atoms with E-state index in [2.05, 4.69) is 22.4 Å². The van der Waals surface area contributed by atoms with Gasteiger partial charge in [0, 0.05) is 15.8 Å². The van der Waals surface area contributed by atoms with Gasteiger partial charge in [-0.3, -0.25) is 0 Å². The van der Waals surface area contributed by atoms with E-state index in [0.717, 1.165) is 27.2 Å². The Hall–Kier alpha value is -2.91. The molecule has 0 amide bonds. The lowest BCUT2D eigenvalue weighted by Gasteiger charge is -2.10. The maximum atomic E-state index is 6.40. The van der Waals surface area contributed by atoms with Crippen LogP contribution in [0.25, 0.3) is 21.5 Å². The summed E-state index contributed by atoms with van der Waals surface area (Å²) in [5.74, 6) is 0. The monoisotopic (exact) mass is 331 g/mol. The fraction of sp³-hybridized carbons (Fsp3) is 0. The Balaban J connectivity index is 1.96. The van der Waals surface area contributed by atoms with Crippen LogP contribution in [0.3, 0.4) is 0 Å². The smallest absolute Gasteiger partial charge is 0.117 e. The second kappa shape index (κ2) is 5.95. The van der Waals surface area contributed by atoms with Crippen LogP contribution in [0, 0.1) is 0 Å². The highest BCUT2D eigenvalue weighted by molar-refractivity contribution is 6.30. The van der Waals surface area contributed by atoms with Crippen LogP contribution < -0.4 is 5.73 Å². The molecule has 116 valence electrons. The molecule has 0 spiro atoms. The number of nitrogen functional groups attached to an aromatic ring is 1. The number of nitrogens with two attached hydrogens (primary N) is 1. The summed E-state index contributed by atoms with van der Waals surface area (Å²) >= 11 is 5.91. The minimum atomic E-state index is 0.641. The third-order valence-corrected chi connectivity index (χ3v) is 4.29. The van der Waals surface area contributed by atoms with E-state index in [-0.39, 0.29) is 0 Å². The van der Waals surface area contributed by atoms with Crippen molar-refractivity contribution in [3.05, 3.63) is 77.8 Å². The quantitative estimate of drug-likeness (QED) is 0.250. The first-order chi connectivity index (χ1) is 11.7. The fourth-order valence-corrected chi connectivity index (χ4v) is 3.00. The zero-order valence-corrected chi connectivity index (χ0v) is 13.5. The van der Waals surface area contributed by atoms with E-state index in [1.807, 2.05) is 48.5 Å². The maximum absolute atomic E-state index is 6.40. The molecule has 0 aliphatic rings. The lowest BCUT2D eigenvalue weighted by Crippen LogP contribution is -1.90. The van der Waals surface area contributed by atoms with Gasteiger partial charge in [0.1, 0.15) is 5.69 Å². The molecule has 0 aliphatic carbocycles. The highest BCUT2D eigenvalue weighted by atomic mass is 35.5. The van der Waals surface area contributed by atoms with Gasteiger partial charge in [-0.1, -0.05) is 60.1 Å². The predicted octanol–water partition coefficient (Wildman–Crippen LogP) is 6.64. The third-order valence-electron chi connectivity index (χ3n) is 4.04. The van der Waals surface area contributed by atoms with Gasteiger partial charge in [-0.2, -0.15) is 5.11 Å². The highest BCUT2D eigenvalue weighted by Gasteiger charge is 2.11. The SMILES string of the molecule is Nc1c(N=Nc2ccc(Cl)cc2)c2ccccc2c2ccccc12. The molecular formula is C20H14ClN3. The average Bonchev–Trinajstić information content (AvgIpc) is 2.63. The van der Waals surface area contributed by atoms with Crippen molar-refractivity contribution in [2.24, 2.45) is 10.2 Å². The van der Waals surface area contributed by atoms with Crippen LogP contribution >= 0.6 is 11.6 Å². The van der Waals surface area contributed by atoms with Crippen LogP contribution in [-0.2, 0) is 0 Å². The van der Waals surface area contributed by atoms with Gasteiger partial charge < -0.3 is 5.73 Å². The molecule has 0 aliphatic heterocycles. The number of fused-ring (bicyclic) bond motifs is 3. The zero-order chi connectivity index (χ0) is 16.5. The van der Waals surface area contributed by atoms with E-state index in [9.17, 15) is 0 Å². The molecule has 2 N–H and O–H groups in total. The minimum absolute atomic E-state index is 0.641. The second-order valence-electron chi connectivity index (χ2n) is 5.53. The fourth-order valence-electron chi connectivity index (χ4n) is 2.87. The van der Waals surface area contributed by atoms with Gasteiger partial charge in [0.05, 0.1) is 11.4 Å². The number of hydrogen-bond donors (Lipinski definition) is 1. The first-order valence-corrected chi connectivity index (χ1v) is 7.98.